The first kappa shape index (κ1) is 20.2. The molecule has 10 heteroatoms. The van der Waals surface area contributed by atoms with E-state index in [4.69, 9.17) is 24.1 Å². The molecular formula is C17H23NO8S. The number of ether oxygens (including phenoxy) is 4. The van der Waals surface area contributed by atoms with Crippen LogP contribution in [0, 0.1) is 0 Å². The van der Waals surface area contributed by atoms with Crippen LogP contribution in [0.2, 0.25) is 0 Å². The van der Waals surface area contributed by atoms with Gasteiger partial charge in [0, 0.05) is 6.42 Å². The Kier molecular flexibility index (Phi) is 5.84. The molecule has 2 aliphatic rings. The molecule has 0 aliphatic carbocycles. The fraction of sp³-hybridized carbons (Fsp3) is 0.588. The first-order valence-electron chi connectivity index (χ1n) is 8.55. The summed E-state index contributed by atoms with van der Waals surface area (Å²) in [5, 5.41) is 4.87. The molecule has 2 heterocycles. The number of esters is 1. The largest absolute Gasteiger partial charge is 0.462 e. The summed E-state index contributed by atoms with van der Waals surface area (Å²) < 4.78 is 49.5. The quantitative estimate of drug-likeness (QED) is 0.664. The van der Waals surface area contributed by atoms with Gasteiger partial charge in [-0.05, 0) is 26.0 Å². The van der Waals surface area contributed by atoms with Crippen molar-refractivity contribution in [3.05, 3.63) is 35.9 Å². The highest BCUT2D eigenvalue weighted by atomic mass is 32.2. The molecular weight excluding hydrogens is 378 g/mol. The van der Waals surface area contributed by atoms with Crippen LogP contribution in [0.15, 0.2) is 30.3 Å². The molecule has 27 heavy (non-hydrogen) atoms. The van der Waals surface area contributed by atoms with Crippen molar-refractivity contribution >= 4 is 16.3 Å². The summed E-state index contributed by atoms with van der Waals surface area (Å²) in [6.45, 7) is 3.36. The van der Waals surface area contributed by atoms with Gasteiger partial charge in [0.2, 0.25) is 0 Å². The van der Waals surface area contributed by atoms with Gasteiger partial charge >= 0.3 is 16.3 Å². The zero-order valence-electron chi connectivity index (χ0n) is 15.1. The normalized spacial score (nSPS) is 29.4. The molecule has 150 valence electrons. The Labute approximate surface area is 157 Å². The number of carbonyl (C=O) groups is 1. The smallest absolute Gasteiger partial charge is 0.338 e. The summed E-state index contributed by atoms with van der Waals surface area (Å²) in [5.74, 6) is -1.26. The molecule has 2 N–H and O–H groups in total. The highest BCUT2D eigenvalue weighted by Crippen LogP contribution is 2.39. The van der Waals surface area contributed by atoms with E-state index in [9.17, 15) is 13.2 Å². The van der Waals surface area contributed by atoms with E-state index in [1.54, 1.807) is 38.1 Å². The SMILES string of the molecule is CC1(C)O[C@@H]2[C@H](O1)[C@@H](COS(N)(=O)=O)O[C@H]2CCOC(=O)c1ccccc1. The molecule has 0 saturated carbocycles. The molecule has 2 aliphatic heterocycles. The van der Waals surface area contributed by atoms with E-state index in [1.807, 2.05) is 6.07 Å². The molecule has 3 rings (SSSR count). The Morgan fingerprint density at radius 2 is 1.78 bits per heavy atom. The fourth-order valence-corrected chi connectivity index (χ4v) is 3.55. The summed E-state index contributed by atoms with van der Waals surface area (Å²) >= 11 is 0. The summed E-state index contributed by atoms with van der Waals surface area (Å²) in [6.07, 6.45) is -1.66. The molecule has 2 fully saturated rings. The van der Waals surface area contributed by atoms with Crippen LogP contribution >= 0.6 is 0 Å². The van der Waals surface area contributed by atoms with Gasteiger partial charge in [-0.25, -0.2) is 9.93 Å². The van der Waals surface area contributed by atoms with Gasteiger partial charge in [0.15, 0.2) is 5.79 Å². The van der Waals surface area contributed by atoms with Gasteiger partial charge in [-0.1, -0.05) is 18.2 Å². The van der Waals surface area contributed by atoms with Crippen LogP contribution in [-0.2, 0) is 33.4 Å². The van der Waals surface area contributed by atoms with E-state index in [1.165, 1.54) is 0 Å². The highest BCUT2D eigenvalue weighted by Gasteiger charge is 2.55. The molecule has 0 unspecified atom stereocenters. The Bertz CT molecular complexity index is 766. The Morgan fingerprint density at radius 3 is 2.41 bits per heavy atom. The zero-order valence-corrected chi connectivity index (χ0v) is 15.9. The second-order valence-electron chi connectivity index (χ2n) is 6.85. The maximum absolute atomic E-state index is 12.0. The lowest BCUT2D eigenvalue weighted by Crippen LogP contribution is -2.34. The van der Waals surface area contributed by atoms with Gasteiger partial charge in [-0.2, -0.15) is 8.42 Å². The Hall–Kier alpha value is -1.56. The van der Waals surface area contributed by atoms with E-state index in [-0.39, 0.29) is 13.2 Å². The average Bonchev–Trinajstić information content (AvgIpc) is 3.07. The van der Waals surface area contributed by atoms with Gasteiger partial charge in [-0.3, -0.25) is 4.18 Å². The molecule has 0 spiro atoms. The van der Waals surface area contributed by atoms with E-state index in [0.29, 0.717) is 12.0 Å². The maximum Gasteiger partial charge on any atom is 0.338 e. The number of hydrogen-bond donors (Lipinski definition) is 1. The van der Waals surface area contributed by atoms with Crippen molar-refractivity contribution in [3.8, 4) is 0 Å². The fourth-order valence-electron chi connectivity index (χ4n) is 3.23. The lowest BCUT2D eigenvalue weighted by molar-refractivity contribution is -0.190. The Balaban J connectivity index is 1.57. The molecule has 0 amide bonds. The van der Waals surface area contributed by atoms with Crippen LogP contribution in [0.3, 0.4) is 0 Å². The van der Waals surface area contributed by atoms with Crippen molar-refractivity contribution in [2.24, 2.45) is 5.14 Å². The van der Waals surface area contributed by atoms with Crippen molar-refractivity contribution in [3.63, 3.8) is 0 Å². The molecule has 4 atom stereocenters. The lowest BCUT2D eigenvalue weighted by atomic mass is 10.1. The monoisotopic (exact) mass is 401 g/mol. The summed E-state index contributed by atoms with van der Waals surface area (Å²) in [4.78, 5) is 12.0. The number of carbonyl (C=O) groups excluding carboxylic acids is 1. The first-order valence-corrected chi connectivity index (χ1v) is 10.0. The first-order chi connectivity index (χ1) is 12.6. The summed E-state index contributed by atoms with van der Waals surface area (Å²) in [5.41, 5.74) is 0.462. The van der Waals surface area contributed by atoms with Crippen LogP contribution < -0.4 is 5.14 Å². The minimum atomic E-state index is -4.09. The number of rotatable bonds is 7. The van der Waals surface area contributed by atoms with Gasteiger partial charge in [0.1, 0.15) is 18.3 Å². The molecule has 2 saturated heterocycles. The van der Waals surface area contributed by atoms with E-state index in [2.05, 4.69) is 4.18 Å². The highest BCUT2D eigenvalue weighted by molar-refractivity contribution is 7.84. The van der Waals surface area contributed by atoms with Crippen LogP contribution in [-0.4, -0.2) is 57.8 Å². The van der Waals surface area contributed by atoms with Crippen molar-refractivity contribution in [1.82, 2.24) is 0 Å². The molecule has 0 aromatic heterocycles. The van der Waals surface area contributed by atoms with Crippen molar-refractivity contribution in [2.45, 2.75) is 50.5 Å². The Morgan fingerprint density at radius 1 is 1.15 bits per heavy atom. The number of benzene rings is 1. The molecule has 9 nitrogen and oxygen atoms in total. The second kappa shape index (κ2) is 7.82. The third-order valence-corrected chi connectivity index (χ3v) is 4.75. The van der Waals surface area contributed by atoms with Crippen LogP contribution in [0.25, 0.3) is 0 Å². The predicted octanol–water partition coefficient (Wildman–Crippen LogP) is 0.741. The standard InChI is InChI=1S/C17H23NO8S/c1-17(2)25-14-12(8-9-22-16(19)11-6-4-3-5-7-11)24-13(15(14)26-17)10-23-27(18,20)21/h3-7,12-15H,8-10H2,1-2H3,(H2,18,20,21)/t12-,13+,14-,15+/m0/s1. The number of hydrogen-bond acceptors (Lipinski definition) is 8. The average molecular weight is 401 g/mol. The van der Waals surface area contributed by atoms with E-state index < -0.39 is 46.5 Å². The zero-order chi connectivity index (χ0) is 19.7. The van der Waals surface area contributed by atoms with Crippen LogP contribution in [0.4, 0.5) is 0 Å². The number of nitrogens with two attached hydrogens (primary N) is 1. The van der Waals surface area contributed by atoms with Gasteiger partial charge in [-0.15, -0.1) is 0 Å². The third-order valence-electron chi connectivity index (χ3n) is 4.29. The van der Waals surface area contributed by atoms with Gasteiger partial charge < -0.3 is 18.9 Å². The van der Waals surface area contributed by atoms with E-state index in [0.717, 1.165) is 0 Å². The van der Waals surface area contributed by atoms with Crippen molar-refractivity contribution in [2.75, 3.05) is 13.2 Å². The molecule has 1 aromatic rings. The molecule has 0 radical (unpaired) electrons. The van der Waals surface area contributed by atoms with Crippen molar-refractivity contribution in [1.29, 1.82) is 0 Å². The van der Waals surface area contributed by atoms with Crippen molar-refractivity contribution < 1.29 is 36.3 Å². The number of fused-ring (bicyclic) bond motifs is 1. The lowest BCUT2D eigenvalue weighted by Gasteiger charge is -2.23. The molecule has 0 bridgehead atoms. The summed E-state index contributed by atoms with van der Waals surface area (Å²) in [6, 6.07) is 8.65. The van der Waals surface area contributed by atoms with Gasteiger partial charge in [0.25, 0.3) is 0 Å². The predicted molar refractivity (Wildman–Crippen MR) is 92.9 cm³/mol. The van der Waals surface area contributed by atoms with Crippen LogP contribution in [0.5, 0.6) is 0 Å². The molecule has 1 aromatic carbocycles. The minimum Gasteiger partial charge on any atom is -0.462 e. The second-order valence-corrected chi connectivity index (χ2v) is 8.07. The third kappa shape index (κ3) is 5.24. The van der Waals surface area contributed by atoms with Crippen LogP contribution in [0.1, 0.15) is 30.6 Å². The van der Waals surface area contributed by atoms with Gasteiger partial charge in [0.05, 0.1) is 24.9 Å². The summed E-state index contributed by atoms with van der Waals surface area (Å²) in [7, 11) is -4.09. The minimum absolute atomic E-state index is 0.119. The van der Waals surface area contributed by atoms with E-state index >= 15 is 0 Å². The topological polar surface area (TPSA) is 123 Å². The maximum atomic E-state index is 12.0.